The molecule has 1 aromatic carbocycles. The molecule has 1 saturated heterocycles. The highest BCUT2D eigenvalue weighted by atomic mass is 19.1. The number of piperidine rings is 1. The van der Waals surface area contributed by atoms with Crippen LogP contribution < -0.4 is 5.32 Å². The monoisotopic (exact) mass is 259 g/mol. The maximum absolute atomic E-state index is 14.1. The van der Waals surface area contributed by atoms with Gasteiger partial charge in [-0.05, 0) is 50.6 Å². The zero-order chi connectivity index (χ0) is 13.2. The quantitative estimate of drug-likeness (QED) is 0.898. The molecule has 1 aliphatic rings. The Labute approximate surface area is 112 Å². The highest BCUT2D eigenvalue weighted by Gasteiger charge is 2.20. The van der Waals surface area contributed by atoms with Crippen molar-refractivity contribution >= 4 is 0 Å². The summed E-state index contributed by atoms with van der Waals surface area (Å²) in [5.74, 6) is 0.276. The molecule has 2 aromatic rings. The molecule has 0 bridgehead atoms. The van der Waals surface area contributed by atoms with E-state index in [9.17, 15) is 4.39 Å². The van der Waals surface area contributed by atoms with Crippen molar-refractivity contribution in [2.24, 2.45) is 0 Å². The third-order valence-electron chi connectivity index (χ3n) is 3.79. The van der Waals surface area contributed by atoms with Gasteiger partial charge in [0, 0.05) is 17.8 Å². The van der Waals surface area contributed by atoms with Crippen LogP contribution in [0.2, 0.25) is 0 Å². The van der Waals surface area contributed by atoms with Gasteiger partial charge in [-0.25, -0.2) is 9.37 Å². The Morgan fingerprint density at radius 2 is 2.11 bits per heavy atom. The third kappa shape index (κ3) is 2.40. The van der Waals surface area contributed by atoms with Gasteiger partial charge in [0.25, 0.3) is 0 Å². The largest absolute Gasteiger partial charge is 0.317 e. The molecular weight excluding hydrogens is 241 g/mol. The van der Waals surface area contributed by atoms with E-state index in [0.29, 0.717) is 11.6 Å². The second kappa shape index (κ2) is 5.13. The van der Waals surface area contributed by atoms with E-state index in [1.165, 1.54) is 0 Å². The number of hydrogen-bond donors (Lipinski definition) is 1. The maximum Gasteiger partial charge on any atom is 0.147 e. The lowest BCUT2D eigenvalue weighted by Gasteiger charge is -2.23. The summed E-state index contributed by atoms with van der Waals surface area (Å²) >= 11 is 0. The van der Waals surface area contributed by atoms with Crippen LogP contribution >= 0.6 is 0 Å². The summed E-state index contributed by atoms with van der Waals surface area (Å²) in [4.78, 5) is 4.21. The van der Waals surface area contributed by atoms with E-state index in [4.69, 9.17) is 0 Å². The topological polar surface area (TPSA) is 29.9 Å². The number of aryl methyl sites for hydroxylation is 1. The number of nitrogens with one attached hydrogen (secondary N) is 1. The van der Waals surface area contributed by atoms with Crippen LogP contribution in [0.1, 0.15) is 30.0 Å². The SMILES string of the molecule is Cc1ccc(-n2cncc2C2CCNCC2)c(F)c1. The van der Waals surface area contributed by atoms with Crippen molar-refractivity contribution in [1.29, 1.82) is 0 Å². The minimum Gasteiger partial charge on any atom is -0.317 e. The minimum atomic E-state index is -0.187. The van der Waals surface area contributed by atoms with Crippen LogP contribution in [0.4, 0.5) is 4.39 Å². The van der Waals surface area contributed by atoms with E-state index in [0.717, 1.165) is 37.2 Å². The van der Waals surface area contributed by atoms with Crippen LogP contribution in [0.25, 0.3) is 5.69 Å². The van der Waals surface area contributed by atoms with Crippen molar-refractivity contribution in [2.75, 3.05) is 13.1 Å². The molecule has 2 heterocycles. The molecule has 0 spiro atoms. The van der Waals surface area contributed by atoms with Crippen molar-refractivity contribution in [1.82, 2.24) is 14.9 Å². The lowest BCUT2D eigenvalue weighted by molar-refractivity contribution is 0.448. The molecule has 1 aliphatic heterocycles. The first-order valence-corrected chi connectivity index (χ1v) is 6.75. The summed E-state index contributed by atoms with van der Waals surface area (Å²) in [5, 5.41) is 3.35. The van der Waals surface area contributed by atoms with E-state index in [1.54, 1.807) is 12.4 Å². The Bertz CT molecular complexity index is 571. The Balaban J connectivity index is 1.99. The summed E-state index contributed by atoms with van der Waals surface area (Å²) in [6.07, 6.45) is 5.75. The van der Waals surface area contributed by atoms with Crippen LogP contribution in [-0.4, -0.2) is 22.6 Å². The summed E-state index contributed by atoms with van der Waals surface area (Å²) in [7, 11) is 0. The van der Waals surface area contributed by atoms with Gasteiger partial charge in [0.05, 0.1) is 12.0 Å². The van der Waals surface area contributed by atoms with Crippen LogP contribution in [0.15, 0.2) is 30.7 Å². The summed E-state index contributed by atoms with van der Waals surface area (Å²) in [6, 6.07) is 5.34. The summed E-state index contributed by atoms with van der Waals surface area (Å²) in [6.45, 7) is 3.94. The number of aromatic nitrogens is 2. The van der Waals surface area contributed by atoms with Gasteiger partial charge in [0.15, 0.2) is 0 Å². The van der Waals surface area contributed by atoms with Crippen molar-refractivity contribution in [2.45, 2.75) is 25.7 Å². The van der Waals surface area contributed by atoms with E-state index in [1.807, 2.05) is 29.8 Å². The van der Waals surface area contributed by atoms with E-state index >= 15 is 0 Å². The predicted molar refractivity (Wildman–Crippen MR) is 73.1 cm³/mol. The average Bonchev–Trinajstić information content (AvgIpc) is 2.89. The van der Waals surface area contributed by atoms with Gasteiger partial charge >= 0.3 is 0 Å². The average molecular weight is 259 g/mol. The molecule has 100 valence electrons. The Hall–Kier alpha value is -1.68. The Morgan fingerprint density at radius 1 is 1.32 bits per heavy atom. The van der Waals surface area contributed by atoms with Gasteiger partial charge in [-0.2, -0.15) is 0 Å². The number of benzene rings is 1. The molecule has 0 unspecified atom stereocenters. The van der Waals surface area contributed by atoms with Gasteiger partial charge < -0.3 is 9.88 Å². The molecule has 0 aliphatic carbocycles. The minimum absolute atomic E-state index is 0.187. The summed E-state index contributed by atoms with van der Waals surface area (Å²) < 4.78 is 16.0. The molecule has 0 atom stereocenters. The Kier molecular flexibility index (Phi) is 3.34. The van der Waals surface area contributed by atoms with Crippen molar-refractivity contribution in [3.8, 4) is 5.69 Å². The number of rotatable bonds is 2. The van der Waals surface area contributed by atoms with Gasteiger partial charge in [-0.3, -0.25) is 0 Å². The van der Waals surface area contributed by atoms with E-state index < -0.39 is 0 Å². The second-order valence-corrected chi connectivity index (χ2v) is 5.17. The zero-order valence-corrected chi connectivity index (χ0v) is 11.1. The standard InChI is InChI=1S/C15H18FN3/c1-11-2-3-14(13(16)8-11)19-10-18-9-15(19)12-4-6-17-7-5-12/h2-3,8-10,12,17H,4-7H2,1H3. The molecule has 3 nitrogen and oxygen atoms in total. The van der Waals surface area contributed by atoms with Crippen molar-refractivity contribution in [3.63, 3.8) is 0 Å². The van der Waals surface area contributed by atoms with Crippen LogP contribution in [0.5, 0.6) is 0 Å². The zero-order valence-electron chi connectivity index (χ0n) is 11.1. The second-order valence-electron chi connectivity index (χ2n) is 5.17. The lowest BCUT2D eigenvalue weighted by Crippen LogP contribution is -2.27. The maximum atomic E-state index is 14.1. The number of imidazole rings is 1. The van der Waals surface area contributed by atoms with Gasteiger partial charge in [-0.1, -0.05) is 6.07 Å². The first kappa shape index (κ1) is 12.4. The summed E-state index contributed by atoms with van der Waals surface area (Å²) in [5.41, 5.74) is 2.64. The molecule has 1 N–H and O–H groups in total. The smallest absolute Gasteiger partial charge is 0.147 e. The molecule has 0 saturated carbocycles. The molecule has 4 heteroatoms. The Morgan fingerprint density at radius 3 is 2.84 bits per heavy atom. The molecule has 1 aromatic heterocycles. The van der Waals surface area contributed by atoms with Crippen LogP contribution in [-0.2, 0) is 0 Å². The van der Waals surface area contributed by atoms with E-state index in [-0.39, 0.29) is 5.82 Å². The van der Waals surface area contributed by atoms with E-state index in [2.05, 4.69) is 10.3 Å². The fourth-order valence-electron chi connectivity index (χ4n) is 2.73. The predicted octanol–water partition coefficient (Wildman–Crippen LogP) is 2.79. The van der Waals surface area contributed by atoms with Gasteiger partial charge in [0.2, 0.25) is 0 Å². The lowest BCUT2D eigenvalue weighted by atomic mass is 9.95. The number of hydrogen-bond acceptors (Lipinski definition) is 2. The first-order valence-electron chi connectivity index (χ1n) is 6.75. The van der Waals surface area contributed by atoms with Crippen LogP contribution in [0, 0.1) is 12.7 Å². The third-order valence-corrected chi connectivity index (χ3v) is 3.79. The molecule has 1 fully saturated rings. The molecule has 3 rings (SSSR count). The highest BCUT2D eigenvalue weighted by Crippen LogP contribution is 2.28. The molecule has 19 heavy (non-hydrogen) atoms. The molecule has 0 amide bonds. The molecule has 0 radical (unpaired) electrons. The molecular formula is C15H18FN3. The normalized spacial score (nSPS) is 16.7. The highest BCUT2D eigenvalue weighted by molar-refractivity contribution is 5.38. The first-order chi connectivity index (χ1) is 9.25. The van der Waals surface area contributed by atoms with Gasteiger partial charge in [-0.15, -0.1) is 0 Å². The fourth-order valence-corrected chi connectivity index (χ4v) is 2.73. The van der Waals surface area contributed by atoms with Crippen LogP contribution in [0.3, 0.4) is 0 Å². The van der Waals surface area contributed by atoms with Crippen molar-refractivity contribution in [3.05, 3.63) is 47.8 Å². The number of halogens is 1. The number of nitrogens with zero attached hydrogens (tertiary/aromatic N) is 2. The van der Waals surface area contributed by atoms with Gasteiger partial charge in [0.1, 0.15) is 5.82 Å². The fraction of sp³-hybridized carbons (Fsp3) is 0.400. The van der Waals surface area contributed by atoms with Crippen molar-refractivity contribution < 1.29 is 4.39 Å².